The Hall–Kier alpha value is -3.33. The average molecular weight is 506 g/mol. The Morgan fingerprint density at radius 3 is 2.37 bits per heavy atom. The van der Waals surface area contributed by atoms with Crippen molar-refractivity contribution in [3.05, 3.63) is 40.4 Å². The zero-order valence-corrected chi connectivity index (χ0v) is 20.9. The first-order valence-electron chi connectivity index (χ1n) is 11.1. The number of likely N-dealkylation sites (tertiary alicyclic amines) is 1. The van der Waals surface area contributed by atoms with Crippen molar-refractivity contribution >= 4 is 23.5 Å². The zero-order valence-electron chi connectivity index (χ0n) is 20.1. The summed E-state index contributed by atoms with van der Waals surface area (Å²) in [6, 6.07) is 6.80. The molecule has 2 heterocycles. The van der Waals surface area contributed by atoms with Crippen LogP contribution in [0, 0.1) is 0 Å². The van der Waals surface area contributed by atoms with Crippen molar-refractivity contribution in [2.24, 2.45) is 0 Å². The van der Waals surface area contributed by atoms with Crippen LogP contribution in [0.4, 0.5) is 4.79 Å². The number of nitrogens with zero attached hydrogens (tertiary/aromatic N) is 1. The van der Waals surface area contributed by atoms with Gasteiger partial charge in [-0.3, -0.25) is 4.79 Å². The van der Waals surface area contributed by atoms with Gasteiger partial charge in [-0.05, 0) is 6.07 Å². The summed E-state index contributed by atoms with van der Waals surface area (Å²) in [5.74, 6) is 2.24. The van der Waals surface area contributed by atoms with E-state index in [4.69, 9.17) is 40.0 Å². The Morgan fingerprint density at radius 1 is 1.03 bits per heavy atom. The first kappa shape index (κ1) is 24.8. The summed E-state index contributed by atoms with van der Waals surface area (Å²) in [5, 5.41) is 0.330. The van der Waals surface area contributed by atoms with Crippen molar-refractivity contribution in [1.82, 2.24) is 4.90 Å². The van der Waals surface area contributed by atoms with E-state index >= 15 is 0 Å². The highest BCUT2D eigenvalue weighted by atomic mass is 35.5. The quantitative estimate of drug-likeness (QED) is 0.566. The van der Waals surface area contributed by atoms with Gasteiger partial charge in [-0.2, -0.15) is 0 Å². The van der Waals surface area contributed by atoms with E-state index in [0.717, 1.165) is 0 Å². The fraction of sp³-hybridized carbons (Fsp3) is 0.440. The summed E-state index contributed by atoms with van der Waals surface area (Å²) < 4.78 is 33.0. The Labute approximate surface area is 208 Å². The highest BCUT2D eigenvalue weighted by Crippen LogP contribution is 2.45. The number of ketones is 1. The molecule has 0 bridgehead atoms. The van der Waals surface area contributed by atoms with E-state index in [-0.39, 0.29) is 18.8 Å². The standard InChI is InChI=1S/C25H28ClNO8/c1-30-16-11-19(32-3)21-17(28)13-25(35-20(21)12-16)7-9-27(10-8-25)24(29)34-14-15-5-6-18(31-2)23(33-4)22(15)26/h5-6,11-12H,7-10,13-14H2,1-4H3. The molecule has 1 amide bonds. The molecule has 0 radical (unpaired) electrons. The second kappa shape index (κ2) is 10.1. The van der Waals surface area contributed by atoms with E-state index in [0.29, 0.717) is 70.8 Å². The second-order valence-electron chi connectivity index (χ2n) is 8.40. The lowest BCUT2D eigenvalue weighted by Gasteiger charge is -2.43. The van der Waals surface area contributed by atoms with E-state index in [1.54, 1.807) is 36.3 Å². The number of hydrogen-bond acceptors (Lipinski definition) is 8. The summed E-state index contributed by atoms with van der Waals surface area (Å²) in [5.41, 5.74) is 0.338. The van der Waals surface area contributed by atoms with Crippen LogP contribution in [0.1, 0.15) is 35.2 Å². The third-order valence-electron chi connectivity index (χ3n) is 6.43. The first-order chi connectivity index (χ1) is 16.8. The molecule has 10 heteroatoms. The minimum atomic E-state index is -0.690. The van der Waals surface area contributed by atoms with Crippen LogP contribution in [-0.2, 0) is 11.3 Å². The molecule has 2 aromatic rings. The first-order valence-corrected chi connectivity index (χ1v) is 11.5. The number of piperidine rings is 1. The van der Waals surface area contributed by atoms with Gasteiger partial charge in [-0.25, -0.2) is 4.79 Å². The number of benzene rings is 2. The molecule has 0 N–H and O–H groups in total. The summed E-state index contributed by atoms with van der Waals surface area (Å²) in [7, 11) is 6.06. The fourth-order valence-corrected chi connectivity index (χ4v) is 4.79. The van der Waals surface area contributed by atoms with Crippen molar-refractivity contribution < 1.29 is 38.0 Å². The smallest absolute Gasteiger partial charge is 0.410 e. The van der Waals surface area contributed by atoms with Gasteiger partial charge in [0.05, 0.1) is 39.9 Å². The van der Waals surface area contributed by atoms with E-state index < -0.39 is 11.7 Å². The topological polar surface area (TPSA) is 92.8 Å². The van der Waals surface area contributed by atoms with Gasteiger partial charge in [0.15, 0.2) is 17.3 Å². The molecule has 2 aliphatic heterocycles. The molecule has 0 saturated carbocycles. The van der Waals surface area contributed by atoms with Gasteiger partial charge in [0.1, 0.15) is 35.0 Å². The number of hydrogen-bond donors (Lipinski definition) is 0. The van der Waals surface area contributed by atoms with Crippen molar-refractivity contribution in [3.63, 3.8) is 0 Å². The molecule has 0 aliphatic carbocycles. The lowest BCUT2D eigenvalue weighted by Crippen LogP contribution is -2.52. The molecule has 0 aromatic heterocycles. The highest BCUT2D eigenvalue weighted by Gasteiger charge is 2.45. The van der Waals surface area contributed by atoms with Crippen LogP contribution in [0.5, 0.6) is 28.7 Å². The zero-order chi connectivity index (χ0) is 25.2. The molecular formula is C25H28ClNO8. The Morgan fingerprint density at radius 2 is 1.74 bits per heavy atom. The minimum Gasteiger partial charge on any atom is -0.496 e. The van der Waals surface area contributed by atoms with Crippen LogP contribution in [0.25, 0.3) is 0 Å². The lowest BCUT2D eigenvalue weighted by atomic mass is 9.82. The molecule has 1 saturated heterocycles. The Balaban J connectivity index is 1.40. The van der Waals surface area contributed by atoms with Crippen LogP contribution in [0.15, 0.2) is 24.3 Å². The van der Waals surface area contributed by atoms with Crippen molar-refractivity contribution in [2.75, 3.05) is 41.5 Å². The number of amides is 1. The molecule has 35 heavy (non-hydrogen) atoms. The molecule has 9 nitrogen and oxygen atoms in total. The average Bonchev–Trinajstić information content (AvgIpc) is 2.86. The Bertz CT molecular complexity index is 1130. The number of halogens is 1. The van der Waals surface area contributed by atoms with Crippen LogP contribution < -0.4 is 23.7 Å². The molecule has 188 valence electrons. The Kier molecular flexibility index (Phi) is 7.16. The molecule has 0 atom stereocenters. The van der Waals surface area contributed by atoms with Crippen LogP contribution in [0.2, 0.25) is 5.02 Å². The third-order valence-corrected chi connectivity index (χ3v) is 6.85. The largest absolute Gasteiger partial charge is 0.496 e. The maximum absolute atomic E-state index is 13.0. The molecule has 2 aliphatic rings. The SMILES string of the molecule is COc1cc(OC)c2c(c1)OC1(CCN(C(=O)OCc3ccc(OC)c(OC)c3Cl)CC1)CC2=O. The van der Waals surface area contributed by atoms with Gasteiger partial charge in [-0.15, -0.1) is 0 Å². The summed E-state index contributed by atoms with van der Waals surface area (Å²) in [4.78, 5) is 27.3. The lowest BCUT2D eigenvalue weighted by molar-refractivity contribution is -0.0102. The highest BCUT2D eigenvalue weighted by molar-refractivity contribution is 6.33. The predicted octanol–water partition coefficient (Wildman–Crippen LogP) is 4.51. The molecule has 0 unspecified atom stereocenters. The number of rotatable bonds is 6. The maximum atomic E-state index is 13.0. The van der Waals surface area contributed by atoms with Gasteiger partial charge in [0, 0.05) is 43.6 Å². The monoisotopic (exact) mass is 505 g/mol. The van der Waals surface area contributed by atoms with Gasteiger partial charge in [0.2, 0.25) is 0 Å². The number of carbonyl (C=O) groups is 2. The molecule has 1 spiro atoms. The fourth-order valence-electron chi connectivity index (χ4n) is 4.50. The van der Waals surface area contributed by atoms with Crippen LogP contribution >= 0.6 is 11.6 Å². The van der Waals surface area contributed by atoms with Crippen molar-refractivity contribution in [3.8, 4) is 28.7 Å². The second-order valence-corrected chi connectivity index (χ2v) is 8.78. The normalized spacial score (nSPS) is 16.3. The van der Waals surface area contributed by atoms with Gasteiger partial charge < -0.3 is 33.3 Å². The predicted molar refractivity (Wildman–Crippen MR) is 127 cm³/mol. The van der Waals surface area contributed by atoms with Gasteiger partial charge in [0.25, 0.3) is 0 Å². The van der Waals surface area contributed by atoms with Crippen molar-refractivity contribution in [2.45, 2.75) is 31.5 Å². The number of carbonyl (C=O) groups excluding carboxylic acids is 2. The van der Waals surface area contributed by atoms with Gasteiger partial charge >= 0.3 is 6.09 Å². The molecule has 1 fully saturated rings. The summed E-state index contributed by atoms with van der Waals surface area (Å²) in [6.45, 7) is 0.770. The molecular weight excluding hydrogens is 478 g/mol. The van der Waals surface area contributed by atoms with Crippen LogP contribution in [-0.4, -0.2) is 63.9 Å². The summed E-state index contributed by atoms with van der Waals surface area (Å²) >= 11 is 6.38. The summed E-state index contributed by atoms with van der Waals surface area (Å²) in [6.07, 6.45) is 0.734. The van der Waals surface area contributed by atoms with E-state index in [2.05, 4.69) is 0 Å². The van der Waals surface area contributed by atoms with Crippen molar-refractivity contribution in [1.29, 1.82) is 0 Å². The molecule has 2 aromatic carbocycles. The number of methoxy groups -OCH3 is 4. The minimum absolute atomic E-state index is 0.0123. The molecule has 4 rings (SSSR count). The van der Waals surface area contributed by atoms with Gasteiger partial charge in [-0.1, -0.05) is 17.7 Å². The maximum Gasteiger partial charge on any atom is 0.410 e. The van der Waals surface area contributed by atoms with E-state index in [9.17, 15) is 9.59 Å². The number of ether oxygens (including phenoxy) is 6. The number of fused-ring (bicyclic) bond motifs is 1. The van der Waals surface area contributed by atoms with E-state index in [1.165, 1.54) is 21.3 Å². The third kappa shape index (κ3) is 4.77. The van der Waals surface area contributed by atoms with E-state index in [1.807, 2.05) is 0 Å². The van der Waals surface area contributed by atoms with Crippen LogP contribution in [0.3, 0.4) is 0 Å². The number of Topliss-reactive ketones (excluding diaryl/α,β-unsaturated/α-hetero) is 1.